The second-order valence-electron chi connectivity index (χ2n) is 6.40. The van der Waals surface area contributed by atoms with E-state index in [2.05, 4.69) is 64.2 Å². The number of hydrogen-bond donors (Lipinski definition) is 1. The number of likely N-dealkylation sites (N-methyl/N-ethyl adjacent to an activating group) is 1. The molecule has 3 nitrogen and oxygen atoms in total. The van der Waals surface area contributed by atoms with Gasteiger partial charge in [-0.05, 0) is 52.3 Å². The lowest BCUT2D eigenvalue weighted by Gasteiger charge is -2.26. The summed E-state index contributed by atoms with van der Waals surface area (Å²) in [5.41, 5.74) is 2.52. The van der Waals surface area contributed by atoms with Gasteiger partial charge in [0.05, 0.1) is 31.0 Å². The van der Waals surface area contributed by atoms with E-state index in [4.69, 9.17) is 9.47 Å². The topological polar surface area (TPSA) is 30.5 Å². The van der Waals surface area contributed by atoms with Gasteiger partial charge in [0.15, 0.2) is 0 Å². The van der Waals surface area contributed by atoms with Gasteiger partial charge < -0.3 is 14.8 Å². The second kappa shape index (κ2) is 8.52. The smallest absolute Gasteiger partial charge is 0.0742 e. The molecule has 1 aromatic carbocycles. The zero-order valence-corrected chi connectivity index (χ0v) is 14.4. The van der Waals surface area contributed by atoms with E-state index < -0.39 is 0 Å². The molecular formula is C18H31NO2. The molecule has 0 saturated heterocycles. The summed E-state index contributed by atoms with van der Waals surface area (Å²) in [5.74, 6) is 0. The third-order valence-corrected chi connectivity index (χ3v) is 3.53. The van der Waals surface area contributed by atoms with Crippen LogP contribution in [0.1, 0.15) is 51.8 Å². The monoisotopic (exact) mass is 293 g/mol. The molecule has 0 radical (unpaired) electrons. The molecule has 0 spiro atoms. The van der Waals surface area contributed by atoms with Crippen LogP contribution in [-0.4, -0.2) is 32.0 Å². The Balaban J connectivity index is 2.50. The van der Waals surface area contributed by atoms with Crippen LogP contribution in [0.5, 0.6) is 0 Å². The van der Waals surface area contributed by atoms with Crippen LogP contribution in [0.4, 0.5) is 0 Å². The number of rotatable bonds is 8. The zero-order chi connectivity index (χ0) is 15.9. The van der Waals surface area contributed by atoms with Gasteiger partial charge in [-0.25, -0.2) is 0 Å². The summed E-state index contributed by atoms with van der Waals surface area (Å²) >= 11 is 0. The Bertz CT molecular complexity index is 395. The summed E-state index contributed by atoms with van der Waals surface area (Å²) in [6, 6.07) is 8.95. The minimum atomic E-state index is -0.106. The van der Waals surface area contributed by atoms with Crippen molar-refractivity contribution < 1.29 is 9.47 Å². The highest BCUT2D eigenvalue weighted by molar-refractivity contribution is 5.25. The summed E-state index contributed by atoms with van der Waals surface area (Å²) in [6.45, 7) is 11.7. The fourth-order valence-electron chi connectivity index (χ4n) is 2.31. The number of hydrogen-bond acceptors (Lipinski definition) is 3. The molecule has 3 heteroatoms. The largest absolute Gasteiger partial charge is 0.374 e. The lowest BCUT2D eigenvalue weighted by Crippen LogP contribution is -2.31. The summed E-state index contributed by atoms with van der Waals surface area (Å²) in [4.78, 5) is 0. The minimum absolute atomic E-state index is 0.103. The van der Waals surface area contributed by atoms with Crippen molar-refractivity contribution >= 4 is 0 Å². The molecule has 21 heavy (non-hydrogen) atoms. The van der Waals surface area contributed by atoms with E-state index in [1.807, 2.05) is 7.05 Å². The molecule has 0 aromatic heterocycles. The maximum atomic E-state index is 5.91. The predicted octanol–water partition coefficient (Wildman–Crippen LogP) is 3.73. The first-order valence-corrected chi connectivity index (χ1v) is 7.89. The molecule has 120 valence electrons. The summed E-state index contributed by atoms with van der Waals surface area (Å²) in [7, 11) is 1.98. The van der Waals surface area contributed by atoms with Crippen molar-refractivity contribution in [3.8, 4) is 0 Å². The standard InChI is InChI=1S/C18H31NO2/c1-7-15-8-10-16(11-9-15)17(19-6)14(2)20-12-13-21-18(3,4)5/h8-11,14,17,19H,7,12-13H2,1-6H3. The van der Waals surface area contributed by atoms with Gasteiger partial charge in [-0.3, -0.25) is 0 Å². The molecule has 1 aromatic rings. The molecular weight excluding hydrogens is 262 g/mol. The third-order valence-electron chi connectivity index (χ3n) is 3.53. The fraction of sp³-hybridized carbons (Fsp3) is 0.667. The van der Waals surface area contributed by atoms with Crippen LogP contribution >= 0.6 is 0 Å². The highest BCUT2D eigenvalue weighted by atomic mass is 16.5. The lowest BCUT2D eigenvalue weighted by atomic mass is 10.0. The Kier molecular flexibility index (Phi) is 7.36. The molecule has 2 unspecified atom stereocenters. The van der Waals surface area contributed by atoms with Crippen LogP contribution in [0.3, 0.4) is 0 Å². The van der Waals surface area contributed by atoms with Gasteiger partial charge in [-0.1, -0.05) is 31.2 Å². The van der Waals surface area contributed by atoms with E-state index in [1.165, 1.54) is 11.1 Å². The number of ether oxygens (including phenoxy) is 2. The molecule has 2 atom stereocenters. The van der Waals surface area contributed by atoms with E-state index in [9.17, 15) is 0 Å². The van der Waals surface area contributed by atoms with Crippen molar-refractivity contribution in [2.24, 2.45) is 0 Å². The van der Waals surface area contributed by atoms with Crippen LogP contribution in [0.2, 0.25) is 0 Å². The van der Waals surface area contributed by atoms with Crippen molar-refractivity contribution in [1.29, 1.82) is 0 Å². The Hall–Kier alpha value is -0.900. The van der Waals surface area contributed by atoms with Gasteiger partial charge in [0.25, 0.3) is 0 Å². The third kappa shape index (κ3) is 6.60. The maximum Gasteiger partial charge on any atom is 0.0742 e. The molecule has 0 bridgehead atoms. The zero-order valence-electron chi connectivity index (χ0n) is 14.4. The molecule has 1 N–H and O–H groups in total. The van der Waals surface area contributed by atoms with Crippen molar-refractivity contribution in [2.45, 2.75) is 58.8 Å². The predicted molar refractivity (Wildman–Crippen MR) is 88.7 cm³/mol. The van der Waals surface area contributed by atoms with Crippen molar-refractivity contribution in [3.63, 3.8) is 0 Å². The highest BCUT2D eigenvalue weighted by Gasteiger charge is 2.18. The van der Waals surface area contributed by atoms with E-state index in [-0.39, 0.29) is 17.7 Å². The fourth-order valence-corrected chi connectivity index (χ4v) is 2.31. The average Bonchev–Trinajstić information content (AvgIpc) is 2.44. The normalized spacial score (nSPS) is 15.0. The van der Waals surface area contributed by atoms with Gasteiger partial charge in [-0.15, -0.1) is 0 Å². The maximum absolute atomic E-state index is 5.91. The first kappa shape index (κ1) is 18.1. The summed E-state index contributed by atoms with van der Waals surface area (Å²) in [6.07, 6.45) is 1.17. The van der Waals surface area contributed by atoms with E-state index in [0.717, 1.165) is 6.42 Å². The van der Waals surface area contributed by atoms with Crippen molar-refractivity contribution in [2.75, 3.05) is 20.3 Å². The van der Waals surface area contributed by atoms with Crippen molar-refractivity contribution in [1.82, 2.24) is 5.32 Å². The Morgan fingerprint density at radius 1 is 1.10 bits per heavy atom. The Morgan fingerprint density at radius 2 is 1.71 bits per heavy atom. The van der Waals surface area contributed by atoms with Gasteiger partial charge in [0.2, 0.25) is 0 Å². The second-order valence-corrected chi connectivity index (χ2v) is 6.40. The van der Waals surface area contributed by atoms with Gasteiger partial charge in [0.1, 0.15) is 0 Å². The molecule has 0 aliphatic rings. The van der Waals surface area contributed by atoms with Gasteiger partial charge in [0, 0.05) is 0 Å². The SMILES string of the molecule is CCc1ccc(C(NC)C(C)OCCOC(C)(C)C)cc1. The highest BCUT2D eigenvalue weighted by Crippen LogP contribution is 2.20. The number of nitrogens with one attached hydrogen (secondary N) is 1. The quantitative estimate of drug-likeness (QED) is 0.741. The van der Waals surface area contributed by atoms with Gasteiger partial charge in [-0.2, -0.15) is 0 Å². The molecule has 1 rings (SSSR count). The van der Waals surface area contributed by atoms with E-state index in [1.54, 1.807) is 0 Å². The molecule has 0 aliphatic heterocycles. The van der Waals surface area contributed by atoms with Gasteiger partial charge >= 0.3 is 0 Å². The molecule has 0 fully saturated rings. The first-order chi connectivity index (χ1) is 9.87. The average molecular weight is 293 g/mol. The van der Waals surface area contributed by atoms with Crippen LogP contribution in [-0.2, 0) is 15.9 Å². The number of benzene rings is 1. The minimum Gasteiger partial charge on any atom is -0.374 e. The molecule has 0 amide bonds. The number of aryl methyl sites for hydroxylation is 1. The van der Waals surface area contributed by atoms with Crippen LogP contribution in [0.25, 0.3) is 0 Å². The molecule has 0 saturated carbocycles. The Labute approximate surface area is 130 Å². The molecule has 0 aliphatic carbocycles. The Morgan fingerprint density at radius 3 is 2.19 bits per heavy atom. The van der Waals surface area contributed by atoms with Crippen LogP contribution in [0, 0.1) is 0 Å². The lowest BCUT2D eigenvalue weighted by molar-refractivity contribution is -0.0542. The van der Waals surface area contributed by atoms with Crippen LogP contribution < -0.4 is 5.32 Å². The first-order valence-electron chi connectivity index (χ1n) is 7.89. The van der Waals surface area contributed by atoms with E-state index >= 15 is 0 Å². The molecule has 0 heterocycles. The summed E-state index contributed by atoms with van der Waals surface area (Å²) < 4.78 is 11.6. The van der Waals surface area contributed by atoms with E-state index in [0.29, 0.717) is 13.2 Å². The van der Waals surface area contributed by atoms with Crippen molar-refractivity contribution in [3.05, 3.63) is 35.4 Å². The van der Waals surface area contributed by atoms with Crippen LogP contribution in [0.15, 0.2) is 24.3 Å². The summed E-state index contributed by atoms with van der Waals surface area (Å²) in [5, 5.41) is 3.35.